The van der Waals surface area contributed by atoms with Gasteiger partial charge in [0, 0.05) is 12.6 Å². The van der Waals surface area contributed by atoms with Gasteiger partial charge < -0.3 is 10.4 Å². The highest BCUT2D eigenvalue weighted by atomic mass is 16.3. The average Bonchev–Trinajstić information content (AvgIpc) is 3.20. The lowest BCUT2D eigenvalue weighted by molar-refractivity contribution is 0.145. The predicted molar refractivity (Wildman–Crippen MR) is 66.3 cm³/mol. The summed E-state index contributed by atoms with van der Waals surface area (Å²) < 4.78 is 0. The largest absolute Gasteiger partial charge is 0.392 e. The molecule has 2 rings (SSSR count). The van der Waals surface area contributed by atoms with Crippen LogP contribution >= 0.6 is 0 Å². The van der Waals surface area contributed by atoms with Crippen LogP contribution in [0.5, 0.6) is 0 Å². The maximum absolute atomic E-state index is 9.76. The lowest BCUT2D eigenvalue weighted by atomic mass is 10.1. The molecule has 1 aromatic rings. The number of hydrogen-bond donors (Lipinski definition) is 2. The van der Waals surface area contributed by atoms with Crippen LogP contribution in [0.2, 0.25) is 0 Å². The van der Waals surface area contributed by atoms with Crippen molar-refractivity contribution in [2.45, 2.75) is 31.9 Å². The first-order valence-corrected chi connectivity index (χ1v) is 6.12. The molecule has 1 aromatic carbocycles. The van der Waals surface area contributed by atoms with Crippen LogP contribution in [0.3, 0.4) is 0 Å². The van der Waals surface area contributed by atoms with E-state index in [0.29, 0.717) is 18.0 Å². The Hall–Kier alpha value is -1.37. The summed E-state index contributed by atoms with van der Waals surface area (Å²) in [6.07, 6.45) is 2.11. The standard InChI is InChI=1S/C14H18N2O/c1-10(16-9-14(17)13-6-7-13)12-4-2-11(8-15)3-5-12/h2-5,10,13-14,16-17H,6-7,9H2,1H3. The van der Waals surface area contributed by atoms with Gasteiger partial charge in [0.25, 0.3) is 0 Å². The molecule has 1 aliphatic rings. The van der Waals surface area contributed by atoms with E-state index in [1.165, 1.54) is 0 Å². The van der Waals surface area contributed by atoms with Crippen LogP contribution in [0.4, 0.5) is 0 Å². The van der Waals surface area contributed by atoms with E-state index in [9.17, 15) is 5.11 Å². The van der Waals surface area contributed by atoms with Gasteiger partial charge in [-0.25, -0.2) is 0 Å². The van der Waals surface area contributed by atoms with E-state index >= 15 is 0 Å². The summed E-state index contributed by atoms with van der Waals surface area (Å²) in [5.74, 6) is 0.510. The van der Waals surface area contributed by atoms with Crippen LogP contribution in [-0.4, -0.2) is 17.8 Å². The van der Waals surface area contributed by atoms with Gasteiger partial charge >= 0.3 is 0 Å². The van der Waals surface area contributed by atoms with Crippen LogP contribution in [0.25, 0.3) is 0 Å². The lowest BCUT2D eigenvalue weighted by Gasteiger charge is -2.17. The quantitative estimate of drug-likeness (QED) is 0.813. The molecule has 2 unspecified atom stereocenters. The smallest absolute Gasteiger partial charge is 0.0991 e. The molecule has 3 nitrogen and oxygen atoms in total. The minimum atomic E-state index is -0.212. The summed E-state index contributed by atoms with van der Waals surface area (Å²) in [5, 5.41) is 21.8. The number of rotatable bonds is 5. The second kappa shape index (κ2) is 5.31. The van der Waals surface area contributed by atoms with Crippen molar-refractivity contribution in [2.75, 3.05) is 6.54 Å². The van der Waals surface area contributed by atoms with Gasteiger partial charge in [-0.15, -0.1) is 0 Å². The minimum absolute atomic E-state index is 0.205. The summed E-state index contributed by atoms with van der Waals surface area (Å²) >= 11 is 0. The zero-order valence-corrected chi connectivity index (χ0v) is 10.1. The highest BCUT2D eigenvalue weighted by molar-refractivity contribution is 5.32. The zero-order chi connectivity index (χ0) is 12.3. The third-order valence-corrected chi connectivity index (χ3v) is 3.34. The number of benzene rings is 1. The summed E-state index contributed by atoms with van der Waals surface area (Å²) in [5.41, 5.74) is 1.82. The molecule has 1 fully saturated rings. The van der Waals surface area contributed by atoms with E-state index in [1.54, 1.807) is 0 Å². The topological polar surface area (TPSA) is 56.0 Å². The van der Waals surface area contributed by atoms with Gasteiger partial charge in [-0.05, 0) is 43.4 Å². The molecule has 0 saturated heterocycles. The van der Waals surface area contributed by atoms with Crippen molar-refractivity contribution in [1.29, 1.82) is 5.26 Å². The molecule has 1 aliphatic carbocycles. The number of hydrogen-bond acceptors (Lipinski definition) is 3. The van der Waals surface area contributed by atoms with Crippen molar-refractivity contribution in [1.82, 2.24) is 5.32 Å². The second-order valence-electron chi connectivity index (χ2n) is 4.77. The molecular weight excluding hydrogens is 212 g/mol. The summed E-state index contributed by atoms with van der Waals surface area (Å²) in [6.45, 7) is 2.72. The summed E-state index contributed by atoms with van der Waals surface area (Å²) in [6, 6.07) is 9.88. The summed E-state index contributed by atoms with van der Waals surface area (Å²) in [7, 11) is 0. The van der Waals surface area contributed by atoms with E-state index in [1.807, 2.05) is 24.3 Å². The Morgan fingerprint density at radius 3 is 2.59 bits per heavy atom. The van der Waals surface area contributed by atoms with Gasteiger partial charge in [-0.3, -0.25) is 0 Å². The number of aliphatic hydroxyl groups is 1. The van der Waals surface area contributed by atoms with Gasteiger partial charge in [-0.2, -0.15) is 5.26 Å². The van der Waals surface area contributed by atoms with E-state index in [-0.39, 0.29) is 12.1 Å². The fraction of sp³-hybridized carbons (Fsp3) is 0.500. The average molecular weight is 230 g/mol. The van der Waals surface area contributed by atoms with Crippen LogP contribution in [-0.2, 0) is 0 Å². The fourth-order valence-electron chi connectivity index (χ4n) is 1.91. The van der Waals surface area contributed by atoms with Crippen molar-refractivity contribution in [3.8, 4) is 6.07 Å². The molecular formula is C14H18N2O. The molecule has 90 valence electrons. The number of nitriles is 1. The van der Waals surface area contributed by atoms with E-state index < -0.39 is 0 Å². The molecule has 0 spiro atoms. The fourth-order valence-corrected chi connectivity index (χ4v) is 1.91. The SMILES string of the molecule is CC(NCC(O)C1CC1)c1ccc(C#N)cc1. The predicted octanol–water partition coefficient (Wildman–Crippen LogP) is 1.98. The Kier molecular flexibility index (Phi) is 3.78. The van der Waals surface area contributed by atoms with Crippen molar-refractivity contribution in [3.05, 3.63) is 35.4 Å². The van der Waals surface area contributed by atoms with Crippen molar-refractivity contribution in [2.24, 2.45) is 5.92 Å². The molecule has 0 amide bonds. The van der Waals surface area contributed by atoms with Crippen molar-refractivity contribution < 1.29 is 5.11 Å². The highest BCUT2D eigenvalue weighted by Gasteiger charge is 2.29. The van der Waals surface area contributed by atoms with E-state index in [0.717, 1.165) is 18.4 Å². The van der Waals surface area contributed by atoms with Crippen LogP contribution in [0, 0.1) is 17.2 Å². The molecule has 1 saturated carbocycles. The molecule has 17 heavy (non-hydrogen) atoms. The Morgan fingerprint density at radius 1 is 1.41 bits per heavy atom. The van der Waals surface area contributed by atoms with Gasteiger partial charge in [0.2, 0.25) is 0 Å². The Morgan fingerprint density at radius 2 is 2.06 bits per heavy atom. The summed E-state index contributed by atoms with van der Waals surface area (Å²) in [4.78, 5) is 0. The highest BCUT2D eigenvalue weighted by Crippen LogP contribution is 2.32. The van der Waals surface area contributed by atoms with Crippen molar-refractivity contribution >= 4 is 0 Å². The van der Waals surface area contributed by atoms with Gasteiger partial charge in [0.1, 0.15) is 0 Å². The Labute approximate surface area is 102 Å². The molecule has 0 aromatic heterocycles. The number of nitrogens with zero attached hydrogens (tertiary/aromatic N) is 1. The van der Waals surface area contributed by atoms with Crippen molar-refractivity contribution in [3.63, 3.8) is 0 Å². The molecule has 2 N–H and O–H groups in total. The van der Waals surface area contributed by atoms with Crippen LogP contribution < -0.4 is 5.32 Å². The second-order valence-corrected chi connectivity index (χ2v) is 4.77. The molecule has 0 radical (unpaired) electrons. The maximum Gasteiger partial charge on any atom is 0.0991 e. The maximum atomic E-state index is 9.76. The first-order chi connectivity index (χ1) is 8.20. The zero-order valence-electron chi connectivity index (χ0n) is 10.1. The first-order valence-electron chi connectivity index (χ1n) is 6.12. The molecule has 0 heterocycles. The lowest BCUT2D eigenvalue weighted by Crippen LogP contribution is -2.30. The van der Waals surface area contributed by atoms with Gasteiger partial charge in [-0.1, -0.05) is 12.1 Å². The number of nitrogens with one attached hydrogen (secondary N) is 1. The molecule has 3 heteroatoms. The monoisotopic (exact) mass is 230 g/mol. The Balaban J connectivity index is 1.85. The molecule has 2 atom stereocenters. The van der Waals surface area contributed by atoms with Crippen LogP contribution in [0.15, 0.2) is 24.3 Å². The van der Waals surface area contributed by atoms with Crippen LogP contribution in [0.1, 0.15) is 36.9 Å². The van der Waals surface area contributed by atoms with E-state index in [2.05, 4.69) is 18.3 Å². The van der Waals surface area contributed by atoms with Gasteiger partial charge in [0.05, 0.1) is 17.7 Å². The third kappa shape index (κ3) is 3.29. The number of aliphatic hydroxyl groups excluding tert-OH is 1. The van der Waals surface area contributed by atoms with Gasteiger partial charge in [0.15, 0.2) is 0 Å². The molecule has 0 bridgehead atoms. The Bertz CT molecular complexity index is 403. The van der Waals surface area contributed by atoms with E-state index in [4.69, 9.17) is 5.26 Å². The first kappa shape index (κ1) is 12.1. The minimum Gasteiger partial charge on any atom is -0.392 e. The third-order valence-electron chi connectivity index (χ3n) is 3.34. The normalized spacial score (nSPS) is 18.4. The molecule has 0 aliphatic heterocycles.